The lowest BCUT2D eigenvalue weighted by molar-refractivity contribution is -0.123. The Morgan fingerprint density at radius 2 is 2.05 bits per heavy atom. The molecule has 1 aromatic rings. The quantitative estimate of drug-likeness (QED) is 0.837. The second kappa shape index (κ2) is 5.21. The van der Waals surface area contributed by atoms with E-state index in [1.54, 1.807) is 0 Å². The number of fused-ring (bicyclic) bond motifs is 1. The molecule has 1 unspecified atom stereocenters. The summed E-state index contributed by atoms with van der Waals surface area (Å²) in [6.07, 6.45) is 1.93. The molecule has 1 atom stereocenters. The number of ether oxygens (including phenoxy) is 1. The summed E-state index contributed by atoms with van der Waals surface area (Å²) < 4.78 is 5.79. The predicted molar refractivity (Wildman–Crippen MR) is 74.5 cm³/mol. The Balaban J connectivity index is 1.85. The lowest BCUT2D eigenvalue weighted by atomic mass is 9.96. The zero-order valence-electron chi connectivity index (χ0n) is 11.3. The number of hydrogen-bond donors (Lipinski definition) is 1. The number of benzene rings is 1. The molecule has 4 nitrogen and oxygen atoms in total. The van der Waals surface area contributed by atoms with Crippen molar-refractivity contribution >= 4 is 11.6 Å². The minimum atomic E-state index is 0.0561. The van der Waals surface area contributed by atoms with E-state index in [1.807, 2.05) is 36.1 Å². The Bertz CT molecular complexity index is 469. The van der Waals surface area contributed by atoms with Crippen LogP contribution in [0, 0.1) is 5.92 Å². The van der Waals surface area contributed by atoms with Gasteiger partial charge >= 0.3 is 0 Å². The molecule has 19 heavy (non-hydrogen) atoms. The Hall–Kier alpha value is -1.55. The fraction of sp³-hybridized carbons (Fsp3) is 0.533. The molecule has 1 amide bonds. The number of piperidine rings is 1. The van der Waals surface area contributed by atoms with E-state index in [0.29, 0.717) is 6.54 Å². The normalized spacial score (nSPS) is 23.6. The molecule has 1 N–H and O–H groups in total. The number of anilines is 1. The van der Waals surface area contributed by atoms with Crippen LogP contribution in [0.15, 0.2) is 24.3 Å². The van der Waals surface area contributed by atoms with E-state index < -0.39 is 0 Å². The van der Waals surface area contributed by atoms with Crippen LogP contribution in [0.2, 0.25) is 0 Å². The summed E-state index contributed by atoms with van der Waals surface area (Å²) in [5.74, 6) is 1.23. The van der Waals surface area contributed by atoms with Crippen LogP contribution in [0.25, 0.3) is 0 Å². The highest BCUT2D eigenvalue weighted by Gasteiger charge is 2.32. The first-order chi connectivity index (χ1) is 9.25. The summed E-state index contributed by atoms with van der Waals surface area (Å²) >= 11 is 0. The minimum absolute atomic E-state index is 0.0561. The van der Waals surface area contributed by atoms with Gasteiger partial charge < -0.3 is 15.0 Å². The van der Waals surface area contributed by atoms with E-state index in [2.05, 4.69) is 5.32 Å². The molecule has 1 aromatic carbocycles. The Morgan fingerprint density at radius 1 is 1.32 bits per heavy atom. The lowest BCUT2D eigenvalue weighted by Crippen LogP contribution is -2.47. The maximum Gasteiger partial charge on any atom is 0.230 e. The van der Waals surface area contributed by atoms with Crippen molar-refractivity contribution < 1.29 is 9.53 Å². The highest BCUT2D eigenvalue weighted by atomic mass is 16.5. The molecule has 1 saturated heterocycles. The van der Waals surface area contributed by atoms with E-state index in [1.165, 1.54) is 0 Å². The van der Waals surface area contributed by atoms with Crippen LogP contribution in [0.3, 0.4) is 0 Å². The third kappa shape index (κ3) is 2.45. The molecule has 102 valence electrons. The minimum Gasteiger partial charge on any atom is -0.487 e. The standard InChI is InChI=1S/C15H20N2O2/c1-11-10-17(13-4-2-3-5-14(13)19-11)15(18)12-6-8-16-9-7-12/h2-5,11-12,16H,6-10H2,1H3. The summed E-state index contributed by atoms with van der Waals surface area (Å²) in [5, 5.41) is 3.31. The topological polar surface area (TPSA) is 41.6 Å². The Kier molecular flexibility index (Phi) is 3.42. The molecule has 1 fully saturated rings. The monoisotopic (exact) mass is 260 g/mol. The summed E-state index contributed by atoms with van der Waals surface area (Å²) in [4.78, 5) is 14.6. The van der Waals surface area contributed by atoms with Crippen LogP contribution in [0.1, 0.15) is 19.8 Å². The van der Waals surface area contributed by atoms with Crippen molar-refractivity contribution in [2.45, 2.75) is 25.9 Å². The molecule has 2 aliphatic heterocycles. The molecule has 0 radical (unpaired) electrons. The molecule has 0 bridgehead atoms. The molecule has 2 aliphatic rings. The summed E-state index contributed by atoms with van der Waals surface area (Å²) in [7, 11) is 0. The van der Waals surface area contributed by atoms with Crippen LogP contribution in [0.4, 0.5) is 5.69 Å². The molecule has 2 heterocycles. The zero-order chi connectivity index (χ0) is 13.2. The molecule has 0 aliphatic carbocycles. The van der Waals surface area contributed by atoms with Gasteiger partial charge in [-0.3, -0.25) is 4.79 Å². The first kappa shape index (κ1) is 12.5. The number of carbonyl (C=O) groups excluding carboxylic acids is 1. The smallest absolute Gasteiger partial charge is 0.230 e. The van der Waals surface area contributed by atoms with Crippen LogP contribution in [0.5, 0.6) is 5.75 Å². The van der Waals surface area contributed by atoms with Gasteiger partial charge in [-0.05, 0) is 45.0 Å². The van der Waals surface area contributed by atoms with Gasteiger partial charge in [-0.1, -0.05) is 12.1 Å². The summed E-state index contributed by atoms with van der Waals surface area (Å²) in [6.45, 7) is 4.55. The van der Waals surface area contributed by atoms with Gasteiger partial charge in [-0.25, -0.2) is 0 Å². The Morgan fingerprint density at radius 3 is 2.84 bits per heavy atom. The first-order valence-electron chi connectivity index (χ1n) is 7.03. The largest absolute Gasteiger partial charge is 0.487 e. The first-order valence-corrected chi connectivity index (χ1v) is 7.03. The van der Waals surface area contributed by atoms with Gasteiger partial charge in [0.2, 0.25) is 5.91 Å². The van der Waals surface area contributed by atoms with Gasteiger partial charge in [-0.2, -0.15) is 0 Å². The van der Waals surface area contributed by atoms with Gasteiger partial charge in [-0.15, -0.1) is 0 Å². The van der Waals surface area contributed by atoms with Crippen molar-refractivity contribution in [2.75, 3.05) is 24.5 Å². The average Bonchev–Trinajstić information content (AvgIpc) is 2.46. The number of para-hydroxylation sites is 2. The van der Waals surface area contributed by atoms with E-state index in [4.69, 9.17) is 4.74 Å². The number of rotatable bonds is 1. The SMILES string of the molecule is CC1CN(C(=O)C2CCNCC2)c2ccccc2O1. The third-order valence-corrected chi connectivity index (χ3v) is 3.88. The molecule has 3 rings (SSSR count). The van der Waals surface area contributed by atoms with Crippen molar-refractivity contribution in [3.05, 3.63) is 24.3 Å². The fourth-order valence-electron chi connectivity index (χ4n) is 2.89. The maximum absolute atomic E-state index is 12.7. The average molecular weight is 260 g/mol. The van der Waals surface area contributed by atoms with Crippen molar-refractivity contribution in [3.8, 4) is 5.75 Å². The maximum atomic E-state index is 12.7. The van der Waals surface area contributed by atoms with Crippen LogP contribution < -0.4 is 15.0 Å². The second-order valence-corrected chi connectivity index (χ2v) is 5.37. The van der Waals surface area contributed by atoms with E-state index in [9.17, 15) is 4.79 Å². The van der Waals surface area contributed by atoms with E-state index in [-0.39, 0.29) is 17.9 Å². The molecule has 0 aromatic heterocycles. The van der Waals surface area contributed by atoms with E-state index >= 15 is 0 Å². The molecular weight excluding hydrogens is 240 g/mol. The highest BCUT2D eigenvalue weighted by Crippen LogP contribution is 2.34. The lowest BCUT2D eigenvalue weighted by Gasteiger charge is -2.36. The number of carbonyl (C=O) groups is 1. The Labute approximate surface area is 113 Å². The number of hydrogen-bond acceptors (Lipinski definition) is 3. The van der Waals surface area contributed by atoms with Crippen LogP contribution >= 0.6 is 0 Å². The second-order valence-electron chi connectivity index (χ2n) is 5.37. The van der Waals surface area contributed by atoms with Gasteiger partial charge in [0.25, 0.3) is 0 Å². The van der Waals surface area contributed by atoms with E-state index in [0.717, 1.165) is 37.4 Å². The molecule has 4 heteroatoms. The predicted octanol–water partition coefficient (Wildman–Crippen LogP) is 1.80. The van der Waals surface area contributed by atoms with Crippen molar-refractivity contribution in [1.29, 1.82) is 0 Å². The highest BCUT2D eigenvalue weighted by molar-refractivity contribution is 5.97. The zero-order valence-corrected chi connectivity index (χ0v) is 11.3. The molecular formula is C15H20N2O2. The van der Waals surface area contributed by atoms with Crippen molar-refractivity contribution in [2.24, 2.45) is 5.92 Å². The van der Waals surface area contributed by atoms with Gasteiger partial charge in [0.1, 0.15) is 11.9 Å². The van der Waals surface area contributed by atoms with Crippen molar-refractivity contribution in [3.63, 3.8) is 0 Å². The van der Waals surface area contributed by atoms with Crippen LogP contribution in [-0.2, 0) is 4.79 Å². The fourth-order valence-corrected chi connectivity index (χ4v) is 2.89. The van der Waals surface area contributed by atoms with Gasteiger partial charge in [0.15, 0.2) is 0 Å². The van der Waals surface area contributed by atoms with Crippen molar-refractivity contribution in [1.82, 2.24) is 5.32 Å². The van der Waals surface area contributed by atoms with Crippen LogP contribution in [-0.4, -0.2) is 31.6 Å². The number of nitrogens with one attached hydrogen (secondary N) is 1. The van der Waals surface area contributed by atoms with Gasteiger partial charge in [0, 0.05) is 5.92 Å². The molecule has 0 spiro atoms. The van der Waals surface area contributed by atoms with Gasteiger partial charge in [0.05, 0.1) is 12.2 Å². The number of amides is 1. The third-order valence-electron chi connectivity index (χ3n) is 3.88. The summed E-state index contributed by atoms with van der Waals surface area (Å²) in [5.41, 5.74) is 0.920. The summed E-state index contributed by atoms with van der Waals surface area (Å²) in [6, 6.07) is 7.82. The molecule has 0 saturated carbocycles. The number of nitrogens with zero attached hydrogens (tertiary/aromatic N) is 1.